The number of anilines is 1. The van der Waals surface area contributed by atoms with Crippen molar-refractivity contribution in [3.8, 4) is 0 Å². The van der Waals surface area contributed by atoms with Gasteiger partial charge in [0.2, 0.25) is 0 Å². The SMILES string of the molecule is c1ccc(CCCN=C2Nc3ccccc3CC23CCNCC3)cc1. The van der Waals surface area contributed by atoms with Crippen LogP contribution in [0.2, 0.25) is 0 Å². The Labute approximate surface area is 150 Å². The highest BCUT2D eigenvalue weighted by molar-refractivity contribution is 6.02. The van der Waals surface area contributed by atoms with Crippen molar-refractivity contribution < 1.29 is 0 Å². The van der Waals surface area contributed by atoms with Crippen molar-refractivity contribution in [2.45, 2.75) is 32.1 Å². The highest BCUT2D eigenvalue weighted by Gasteiger charge is 2.40. The Morgan fingerprint density at radius 1 is 0.920 bits per heavy atom. The molecule has 2 aliphatic heterocycles. The summed E-state index contributed by atoms with van der Waals surface area (Å²) in [5, 5.41) is 7.19. The van der Waals surface area contributed by atoms with Crippen LogP contribution in [0.5, 0.6) is 0 Å². The van der Waals surface area contributed by atoms with Crippen LogP contribution in [0.25, 0.3) is 0 Å². The summed E-state index contributed by atoms with van der Waals surface area (Å²) in [5.74, 6) is 1.22. The quantitative estimate of drug-likeness (QED) is 0.828. The normalized spacial score (nSPS) is 20.2. The van der Waals surface area contributed by atoms with E-state index in [1.807, 2.05) is 0 Å². The molecule has 2 aromatic rings. The predicted molar refractivity (Wildman–Crippen MR) is 105 cm³/mol. The highest BCUT2D eigenvalue weighted by atomic mass is 15.0. The predicted octanol–water partition coefficient (Wildman–Crippen LogP) is 4.06. The minimum Gasteiger partial charge on any atom is -0.343 e. The van der Waals surface area contributed by atoms with E-state index in [1.165, 1.54) is 35.5 Å². The van der Waals surface area contributed by atoms with E-state index in [2.05, 4.69) is 65.2 Å². The number of benzene rings is 2. The maximum atomic E-state index is 5.05. The first-order valence-corrected chi connectivity index (χ1v) is 9.50. The molecule has 0 radical (unpaired) electrons. The summed E-state index contributed by atoms with van der Waals surface area (Å²) in [6.45, 7) is 3.08. The van der Waals surface area contributed by atoms with E-state index in [0.717, 1.165) is 38.9 Å². The molecule has 1 saturated heterocycles. The highest BCUT2D eigenvalue weighted by Crippen LogP contribution is 2.40. The molecule has 1 spiro atoms. The molecule has 130 valence electrons. The molecule has 3 heteroatoms. The summed E-state index contributed by atoms with van der Waals surface area (Å²) in [4.78, 5) is 5.05. The van der Waals surface area contributed by atoms with Gasteiger partial charge in [-0.25, -0.2) is 0 Å². The average Bonchev–Trinajstić information content (AvgIpc) is 2.67. The minimum atomic E-state index is 0.201. The van der Waals surface area contributed by atoms with E-state index in [4.69, 9.17) is 4.99 Å². The van der Waals surface area contributed by atoms with Gasteiger partial charge >= 0.3 is 0 Å². The van der Waals surface area contributed by atoms with Crippen LogP contribution in [-0.2, 0) is 12.8 Å². The summed E-state index contributed by atoms with van der Waals surface area (Å²) in [5.41, 5.74) is 4.29. The van der Waals surface area contributed by atoms with E-state index < -0.39 is 0 Å². The molecule has 0 unspecified atom stereocenters. The monoisotopic (exact) mass is 333 g/mol. The van der Waals surface area contributed by atoms with Crippen LogP contribution in [0.15, 0.2) is 59.6 Å². The summed E-state index contributed by atoms with van der Waals surface area (Å²) < 4.78 is 0. The van der Waals surface area contributed by atoms with E-state index in [-0.39, 0.29) is 5.41 Å². The molecule has 2 N–H and O–H groups in total. The van der Waals surface area contributed by atoms with Crippen LogP contribution >= 0.6 is 0 Å². The fourth-order valence-corrected chi connectivity index (χ4v) is 4.15. The van der Waals surface area contributed by atoms with Gasteiger partial charge in [-0.15, -0.1) is 0 Å². The van der Waals surface area contributed by atoms with Gasteiger partial charge in [0, 0.05) is 17.6 Å². The van der Waals surface area contributed by atoms with Gasteiger partial charge in [0.15, 0.2) is 0 Å². The first-order chi connectivity index (χ1) is 12.4. The first kappa shape index (κ1) is 16.3. The Morgan fingerprint density at radius 3 is 2.52 bits per heavy atom. The number of aliphatic imine (C=N–C) groups is 1. The van der Waals surface area contributed by atoms with E-state index in [9.17, 15) is 0 Å². The lowest BCUT2D eigenvalue weighted by Crippen LogP contribution is -2.48. The third kappa shape index (κ3) is 3.62. The van der Waals surface area contributed by atoms with Gasteiger partial charge in [0.05, 0.1) is 0 Å². The van der Waals surface area contributed by atoms with E-state index >= 15 is 0 Å². The zero-order valence-electron chi connectivity index (χ0n) is 14.8. The fraction of sp³-hybridized carbons (Fsp3) is 0.409. The van der Waals surface area contributed by atoms with Crippen molar-refractivity contribution in [3.05, 3.63) is 65.7 Å². The molecule has 1 fully saturated rings. The Bertz CT molecular complexity index is 730. The number of nitrogens with zero attached hydrogens (tertiary/aromatic N) is 1. The lowest BCUT2D eigenvalue weighted by molar-refractivity contribution is 0.293. The fourth-order valence-electron chi connectivity index (χ4n) is 4.15. The third-order valence-corrected chi connectivity index (χ3v) is 5.60. The lowest BCUT2D eigenvalue weighted by atomic mass is 9.71. The Morgan fingerprint density at radius 2 is 1.68 bits per heavy atom. The van der Waals surface area contributed by atoms with Crippen LogP contribution < -0.4 is 10.6 Å². The molecule has 3 nitrogen and oxygen atoms in total. The molecule has 2 aromatic carbocycles. The van der Waals surface area contributed by atoms with Crippen LogP contribution in [0, 0.1) is 5.41 Å². The second kappa shape index (κ2) is 7.40. The lowest BCUT2D eigenvalue weighted by Gasteiger charge is -2.42. The number of aryl methyl sites for hydroxylation is 1. The topological polar surface area (TPSA) is 36.4 Å². The number of hydrogen-bond donors (Lipinski definition) is 2. The molecule has 0 aromatic heterocycles. The standard InChI is InChI=1S/C22H27N3/c1-2-7-18(8-3-1)9-6-14-24-21-22(12-15-23-16-13-22)17-19-10-4-5-11-20(19)25-21/h1-5,7-8,10-11,23H,6,9,12-17H2,(H,24,25). The minimum absolute atomic E-state index is 0.201. The number of fused-ring (bicyclic) bond motifs is 1. The van der Waals surface area contributed by atoms with Gasteiger partial charge in [-0.05, 0) is 62.4 Å². The Kier molecular flexibility index (Phi) is 4.84. The second-order valence-electron chi connectivity index (χ2n) is 7.31. The van der Waals surface area contributed by atoms with Crippen molar-refractivity contribution in [3.63, 3.8) is 0 Å². The summed E-state index contributed by atoms with van der Waals surface area (Å²) in [7, 11) is 0. The molecule has 0 amide bonds. The maximum absolute atomic E-state index is 5.05. The average molecular weight is 333 g/mol. The van der Waals surface area contributed by atoms with Gasteiger partial charge < -0.3 is 10.6 Å². The molecule has 25 heavy (non-hydrogen) atoms. The molecule has 0 saturated carbocycles. The first-order valence-electron chi connectivity index (χ1n) is 9.50. The molecule has 0 atom stereocenters. The van der Waals surface area contributed by atoms with Gasteiger partial charge in [-0.2, -0.15) is 0 Å². The summed E-state index contributed by atoms with van der Waals surface area (Å²) >= 11 is 0. The number of hydrogen-bond acceptors (Lipinski definition) is 2. The Hall–Kier alpha value is -2.13. The largest absolute Gasteiger partial charge is 0.343 e. The molecule has 4 rings (SSSR count). The number of amidine groups is 1. The van der Waals surface area contributed by atoms with Crippen molar-refractivity contribution in [1.82, 2.24) is 5.32 Å². The molecule has 2 heterocycles. The molecular formula is C22H27N3. The van der Waals surface area contributed by atoms with Crippen molar-refractivity contribution in [2.75, 3.05) is 25.0 Å². The van der Waals surface area contributed by atoms with E-state index in [1.54, 1.807) is 0 Å². The van der Waals surface area contributed by atoms with Gasteiger partial charge in [0.1, 0.15) is 5.84 Å². The molecule has 0 bridgehead atoms. The van der Waals surface area contributed by atoms with Crippen LogP contribution in [0.3, 0.4) is 0 Å². The van der Waals surface area contributed by atoms with Crippen molar-refractivity contribution in [2.24, 2.45) is 10.4 Å². The zero-order valence-corrected chi connectivity index (χ0v) is 14.8. The molecule has 0 aliphatic carbocycles. The summed E-state index contributed by atoms with van der Waals surface area (Å²) in [6.07, 6.45) is 5.67. The molecular weight excluding hydrogens is 306 g/mol. The smallest absolute Gasteiger partial charge is 0.107 e. The Balaban J connectivity index is 1.49. The van der Waals surface area contributed by atoms with Crippen LogP contribution in [0.4, 0.5) is 5.69 Å². The van der Waals surface area contributed by atoms with Crippen molar-refractivity contribution in [1.29, 1.82) is 0 Å². The number of rotatable bonds is 4. The number of nitrogens with one attached hydrogen (secondary N) is 2. The van der Waals surface area contributed by atoms with Gasteiger partial charge in [0.25, 0.3) is 0 Å². The number of para-hydroxylation sites is 1. The van der Waals surface area contributed by atoms with Crippen LogP contribution in [-0.4, -0.2) is 25.5 Å². The van der Waals surface area contributed by atoms with Gasteiger partial charge in [-0.3, -0.25) is 4.99 Å². The zero-order chi connectivity index (χ0) is 17.0. The number of piperidine rings is 1. The summed E-state index contributed by atoms with van der Waals surface area (Å²) in [6, 6.07) is 19.4. The second-order valence-corrected chi connectivity index (χ2v) is 7.31. The molecule has 2 aliphatic rings. The van der Waals surface area contributed by atoms with Crippen molar-refractivity contribution >= 4 is 11.5 Å². The third-order valence-electron chi connectivity index (χ3n) is 5.60. The van der Waals surface area contributed by atoms with Crippen LogP contribution in [0.1, 0.15) is 30.4 Å². The van der Waals surface area contributed by atoms with E-state index in [0.29, 0.717) is 0 Å². The maximum Gasteiger partial charge on any atom is 0.107 e. The van der Waals surface area contributed by atoms with Gasteiger partial charge in [-0.1, -0.05) is 48.5 Å².